The van der Waals surface area contributed by atoms with Crippen molar-refractivity contribution in [2.75, 3.05) is 10.6 Å². The summed E-state index contributed by atoms with van der Waals surface area (Å²) in [6.07, 6.45) is 6.14. The monoisotopic (exact) mass is 301 g/mol. The molecule has 2 aromatic heterocycles. The molecule has 1 fully saturated rings. The number of hydrogen-bond donors (Lipinski definition) is 2. The molecule has 0 atom stereocenters. The van der Waals surface area contributed by atoms with Crippen molar-refractivity contribution in [1.29, 1.82) is 0 Å². The van der Waals surface area contributed by atoms with Gasteiger partial charge in [0, 0.05) is 12.1 Å². The average Bonchev–Trinajstić information content (AvgIpc) is 2.94. The molecule has 7 nitrogen and oxygen atoms in total. The number of rotatable bonds is 4. The smallest absolute Gasteiger partial charge is 0.277 e. The van der Waals surface area contributed by atoms with E-state index in [9.17, 15) is 4.79 Å². The van der Waals surface area contributed by atoms with Crippen molar-refractivity contribution in [2.45, 2.75) is 45.1 Å². The van der Waals surface area contributed by atoms with Crippen LogP contribution in [0.2, 0.25) is 0 Å². The van der Waals surface area contributed by atoms with Gasteiger partial charge >= 0.3 is 0 Å². The summed E-state index contributed by atoms with van der Waals surface area (Å²) in [6.45, 7) is 1.76. The molecule has 22 heavy (non-hydrogen) atoms. The molecule has 0 aliphatic heterocycles. The maximum atomic E-state index is 12.0. The molecule has 0 aromatic carbocycles. The SMILES string of the molecule is Cc1cc(NC(=O)c2ccc(NC3CCCCC3)nn2)no1. The Morgan fingerprint density at radius 2 is 2.00 bits per heavy atom. The highest BCUT2D eigenvalue weighted by Gasteiger charge is 2.15. The maximum absolute atomic E-state index is 12.0. The number of amides is 1. The fraction of sp³-hybridized carbons (Fsp3) is 0.467. The molecule has 1 aliphatic carbocycles. The van der Waals surface area contributed by atoms with Crippen LogP contribution in [0.1, 0.15) is 48.4 Å². The lowest BCUT2D eigenvalue weighted by atomic mass is 9.95. The Balaban J connectivity index is 1.59. The highest BCUT2D eigenvalue weighted by Crippen LogP contribution is 2.20. The first-order chi connectivity index (χ1) is 10.7. The van der Waals surface area contributed by atoms with Gasteiger partial charge in [0.25, 0.3) is 5.91 Å². The van der Waals surface area contributed by atoms with Crippen molar-refractivity contribution in [1.82, 2.24) is 15.4 Å². The first-order valence-electron chi connectivity index (χ1n) is 7.55. The van der Waals surface area contributed by atoms with E-state index in [2.05, 4.69) is 26.0 Å². The Bertz CT molecular complexity index is 632. The number of aryl methyl sites for hydroxylation is 1. The van der Waals surface area contributed by atoms with Gasteiger partial charge in [0.15, 0.2) is 11.5 Å². The van der Waals surface area contributed by atoms with Crippen LogP contribution in [-0.4, -0.2) is 27.3 Å². The molecule has 0 unspecified atom stereocenters. The zero-order valence-electron chi connectivity index (χ0n) is 12.5. The van der Waals surface area contributed by atoms with Gasteiger partial charge in [0.2, 0.25) is 0 Å². The summed E-state index contributed by atoms with van der Waals surface area (Å²) >= 11 is 0. The van der Waals surface area contributed by atoms with Crippen LogP contribution < -0.4 is 10.6 Å². The second-order valence-corrected chi connectivity index (χ2v) is 5.56. The molecular formula is C15H19N5O2. The van der Waals surface area contributed by atoms with Crippen LogP contribution in [0.3, 0.4) is 0 Å². The van der Waals surface area contributed by atoms with Crippen LogP contribution in [0, 0.1) is 6.92 Å². The number of hydrogen-bond acceptors (Lipinski definition) is 6. The fourth-order valence-electron chi connectivity index (χ4n) is 2.59. The minimum atomic E-state index is -0.356. The summed E-state index contributed by atoms with van der Waals surface area (Å²) in [5.74, 6) is 1.35. The topological polar surface area (TPSA) is 92.9 Å². The van der Waals surface area contributed by atoms with Crippen molar-refractivity contribution >= 4 is 17.5 Å². The molecule has 1 aliphatic rings. The van der Waals surface area contributed by atoms with Gasteiger partial charge < -0.3 is 15.2 Å². The third-order valence-electron chi connectivity index (χ3n) is 3.72. The first-order valence-corrected chi connectivity index (χ1v) is 7.55. The molecule has 1 saturated carbocycles. The molecule has 2 aromatic rings. The van der Waals surface area contributed by atoms with E-state index in [-0.39, 0.29) is 11.6 Å². The number of carbonyl (C=O) groups is 1. The van der Waals surface area contributed by atoms with Gasteiger partial charge in [-0.1, -0.05) is 24.4 Å². The normalized spacial score (nSPS) is 15.5. The molecule has 0 saturated heterocycles. The minimum absolute atomic E-state index is 0.245. The van der Waals surface area contributed by atoms with Gasteiger partial charge in [0.1, 0.15) is 11.6 Å². The lowest BCUT2D eigenvalue weighted by Crippen LogP contribution is -2.23. The van der Waals surface area contributed by atoms with E-state index >= 15 is 0 Å². The average molecular weight is 301 g/mol. The van der Waals surface area contributed by atoms with Crippen LogP contribution >= 0.6 is 0 Å². The highest BCUT2D eigenvalue weighted by molar-refractivity contribution is 6.02. The number of nitrogens with zero attached hydrogens (tertiary/aromatic N) is 3. The quantitative estimate of drug-likeness (QED) is 0.902. The van der Waals surface area contributed by atoms with E-state index in [0.29, 0.717) is 23.4 Å². The van der Waals surface area contributed by atoms with Gasteiger partial charge in [-0.3, -0.25) is 4.79 Å². The van der Waals surface area contributed by atoms with Gasteiger partial charge in [-0.05, 0) is 31.9 Å². The van der Waals surface area contributed by atoms with Crippen LogP contribution in [0.15, 0.2) is 22.7 Å². The van der Waals surface area contributed by atoms with E-state index in [1.807, 2.05) is 0 Å². The largest absolute Gasteiger partial charge is 0.366 e. The molecule has 2 heterocycles. The zero-order valence-corrected chi connectivity index (χ0v) is 12.5. The highest BCUT2D eigenvalue weighted by atomic mass is 16.5. The third-order valence-corrected chi connectivity index (χ3v) is 3.72. The lowest BCUT2D eigenvalue weighted by Gasteiger charge is -2.22. The van der Waals surface area contributed by atoms with Crippen molar-refractivity contribution in [3.05, 3.63) is 29.7 Å². The standard InChI is InChI=1S/C15H19N5O2/c1-10-9-14(20-22-10)17-15(21)12-7-8-13(19-18-12)16-11-5-3-2-4-6-11/h7-9,11H,2-6H2,1H3,(H,16,19)(H,17,20,21). The fourth-order valence-corrected chi connectivity index (χ4v) is 2.59. The Labute approximate surface area is 128 Å². The molecule has 0 bridgehead atoms. The number of anilines is 2. The molecule has 3 rings (SSSR count). The van der Waals surface area contributed by atoms with E-state index in [4.69, 9.17) is 4.52 Å². The predicted molar refractivity (Wildman–Crippen MR) is 81.7 cm³/mol. The molecular weight excluding hydrogens is 282 g/mol. The summed E-state index contributed by atoms with van der Waals surface area (Å²) in [5.41, 5.74) is 0.245. The zero-order chi connectivity index (χ0) is 15.4. The Kier molecular flexibility index (Phi) is 4.32. The number of aromatic nitrogens is 3. The van der Waals surface area contributed by atoms with Crippen molar-refractivity contribution < 1.29 is 9.32 Å². The number of carbonyl (C=O) groups excluding carboxylic acids is 1. The Morgan fingerprint density at radius 1 is 1.18 bits per heavy atom. The molecule has 2 N–H and O–H groups in total. The Hall–Kier alpha value is -2.44. The van der Waals surface area contributed by atoms with Gasteiger partial charge in [-0.25, -0.2) is 0 Å². The van der Waals surface area contributed by atoms with Crippen LogP contribution in [-0.2, 0) is 0 Å². The van der Waals surface area contributed by atoms with Crippen molar-refractivity contribution in [2.24, 2.45) is 0 Å². The molecule has 7 heteroatoms. The summed E-state index contributed by atoms with van der Waals surface area (Å²) in [4.78, 5) is 12.0. The predicted octanol–water partition coefficient (Wildman–Crippen LogP) is 2.77. The summed E-state index contributed by atoms with van der Waals surface area (Å²) in [7, 11) is 0. The van der Waals surface area contributed by atoms with Crippen LogP contribution in [0.4, 0.5) is 11.6 Å². The summed E-state index contributed by atoms with van der Waals surface area (Å²) < 4.78 is 4.89. The van der Waals surface area contributed by atoms with Crippen LogP contribution in [0.25, 0.3) is 0 Å². The maximum Gasteiger partial charge on any atom is 0.277 e. The lowest BCUT2D eigenvalue weighted by molar-refractivity contribution is 0.102. The van der Waals surface area contributed by atoms with E-state index in [0.717, 1.165) is 12.8 Å². The summed E-state index contributed by atoms with van der Waals surface area (Å²) in [6, 6.07) is 5.54. The van der Waals surface area contributed by atoms with Crippen LogP contribution in [0.5, 0.6) is 0 Å². The van der Waals surface area contributed by atoms with E-state index < -0.39 is 0 Å². The van der Waals surface area contributed by atoms with Gasteiger partial charge in [0.05, 0.1) is 0 Å². The second-order valence-electron chi connectivity index (χ2n) is 5.56. The second kappa shape index (κ2) is 6.55. The third kappa shape index (κ3) is 3.60. The van der Waals surface area contributed by atoms with E-state index in [1.165, 1.54) is 19.3 Å². The molecule has 116 valence electrons. The van der Waals surface area contributed by atoms with E-state index in [1.54, 1.807) is 25.1 Å². The van der Waals surface area contributed by atoms with Crippen molar-refractivity contribution in [3.63, 3.8) is 0 Å². The minimum Gasteiger partial charge on any atom is -0.366 e. The molecule has 0 spiro atoms. The summed E-state index contributed by atoms with van der Waals surface area (Å²) in [5, 5.41) is 17.7. The Morgan fingerprint density at radius 3 is 2.64 bits per heavy atom. The first kappa shape index (κ1) is 14.5. The molecule has 1 amide bonds. The molecule has 0 radical (unpaired) electrons. The van der Waals surface area contributed by atoms with Gasteiger partial charge in [-0.2, -0.15) is 0 Å². The number of nitrogens with one attached hydrogen (secondary N) is 2. The van der Waals surface area contributed by atoms with Crippen molar-refractivity contribution in [3.8, 4) is 0 Å². The van der Waals surface area contributed by atoms with Gasteiger partial charge in [-0.15, -0.1) is 10.2 Å².